The predicted octanol–water partition coefficient (Wildman–Crippen LogP) is 4.28. The van der Waals surface area contributed by atoms with Crippen LogP contribution in [0, 0.1) is 17.8 Å². The lowest BCUT2D eigenvalue weighted by atomic mass is 10.2. The summed E-state index contributed by atoms with van der Waals surface area (Å²) in [5.41, 5.74) is 0. The molecule has 0 spiro atoms. The van der Waals surface area contributed by atoms with Crippen molar-refractivity contribution in [3.05, 3.63) is 0 Å². The summed E-state index contributed by atoms with van der Waals surface area (Å²) < 4.78 is 32.2. The van der Waals surface area contributed by atoms with Crippen LogP contribution < -0.4 is 0 Å². The molecule has 1 aliphatic rings. The minimum atomic E-state index is -2.64. The molecule has 0 aliphatic carbocycles. The molecule has 7 nitrogen and oxygen atoms in total. The molecule has 1 rings (SSSR count). The normalized spacial score (nSPS) is 24.4. The van der Waals surface area contributed by atoms with Crippen LogP contribution in [-0.4, -0.2) is 96.9 Å². The molecular weight excluding hydrogens is 527 g/mol. The van der Waals surface area contributed by atoms with Gasteiger partial charge in [-0.05, 0) is 31.2 Å². The van der Waals surface area contributed by atoms with E-state index in [1.807, 2.05) is 25.9 Å². The average molecular weight is 574 g/mol. The summed E-state index contributed by atoms with van der Waals surface area (Å²) in [5.74, 6) is 2.41. The summed E-state index contributed by atoms with van der Waals surface area (Å²) in [6.45, 7) is 11.5. The highest BCUT2D eigenvalue weighted by Gasteiger charge is 2.44. The van der Waals surface area contributed by atoms with E-state index in [1.165, 1.54) is 0 Å². The first-order valence-electron chi connectivity index (χ1n) is 12.3. The number of hydrogen-bond acceptors (Lipinski definition) is 9. The Morgan fingerprint density at radius 1 is 1.18 bits per heavy atom. The maximum Gasteiger partial charge on any atom is 0.501 e. The third kappa shape index (κ3) is 13.4. The molecule has 34 heavy (non-hydrogen) atoms. The van der Waals surface area contributed by atoms with Crippen LogP contribution in [-0.2, 0) is 22.1 Å². The molecule has 12 heteroatoms. The monoisotopic (exact) mass is 573 g/mol. The molecule has 0 aromatic carbocycles. The van der Waals surface area contributed by atoms with Crippen LogP contribution in [0.3, 0.4) is 0 Å². The van der Waals surface area contributed by atoms with E-state index in [9.17, 15) is 5.11 Å². The molecule has 1 saturated heterocycles. The summed E-state index contributed by atoms with van der Waals surface area (Å²) in [7, 11) is -1.11. The number of aliphatic hydroxyl groups excluding tert-OH is 1. The molecule has 0 amide bonds. The second kappa shape index (κ2) is 17.3. The lowest BCUT2D eigenvalue weighted by molar-refractivity contribution is -0.0135. The van der Waals surface area contributed by atoms with Gasteiger partial charge in [0.05, 0.1) is 0 Å². The average Bonchev–Trinajstić information content (AvgIpc) is 2.82. The molecule has 0 saturated carbocycles. The summed E-state index contributed by atoms with van der Waals surface area (Å²) >= 11 is 11.4. The molecule has 0 radical (unpaired) electrons. The van der Waals surface area contributed by atoms with E-state index >= 15 is 0 Å². The van der Waals surface area contributed by atoms with Crippen LogP contribution >= 0.6 is 36.6 Å². The highest BCUT2D eigenvalue weighted by molar-refractivity contribution is 8.22. The Morgan fingerprint density at radius 2 is 1.79 bits per heavy atom. The number of thiocarbonyl (C=S) groups is 1. The Labute approximate surface area is 225 Å². The van der Waals surface area contributed by atoms with Gasteiger partial charge in [-0.3, -0.25) is 0 Å². The highest BCUT2D eigenvalue weighted by Crippen LogP contribution is 2.26. The third-order valence-electron chi connectivity index (χ3n) is 5.43. The van der Waals surface area contributed by atoms with Crippen molar-refractivity contribution >= 4 is 58.3 Å². The third-order valence-corrected chi connectivity index (χ3v) is 13.2. The maximum absolute atomic E-state index is 9.40. The van der Waals surface area contributed by atoms with E-state index in [0.717, 1.165) is 40.8 Å². The van der Waals surface area contributed by atoms with E-state index < -0.39 is 17.4 Å². The van der Waals surface area contributed by atoms with Crippen molar-refractivity contribution in [2.45, 2.75) is 52.2 Å². The van der Waals surface area contributed by atoms with Crippen molar-refractivity contribution in [3.63, 3.8) is 0 Å². The molecule has 1 heterocycles. The van der Waals surface area contributed by atoms with Gasteiger partial charge < -0.3 is 32.1 Å². The largest absolute Gasteiger partial charge is 0.501 e. The summed E-state index contributed by atoms with van der Waals surface area (Å²) in [4.78, 5) is 1.96. The van der Waals surface area contributed by atoms with Gasteiger partial charge in [0.25, 0.3) is 0 Å². The highest BCUT2D eigenvalue weighted by atomic mass is 32.2. The van der Waals surface area contributed by atoms with Crippen molar-refractivity contribution in [1.82, 2.24) is 4.90 Å². The molecule has 1 N–H and O–H groups in total. The van der Waals surface area contributed by atoms with Crippen LogP contribution in [0.2, 0.25) is 18.6 Å². The number of nitrogens with zero attached hydrogens (tertiary/aromatic N) is 1. The number of thioether (sulfide) groups is 1. The van der Waals surface area contributed by atoms with Crippen LogP contribution in [0.25, 0.3) is 0 Å². The Kier molecular flexibility index (Phi) is 16.7. The summed E-state index contributed by atoms with van der Waals surface area (Å²) in [6, 6.07) is 1.68. The van der Waals surface area contributed by atoms with Crippen molar-refractivity contribution in [2.24, 2.45) is 17.8 Å². The predicted molar refractivity (Wildman–Crippen MR) is 153 cm³/mol. The number of hydrogen-bond donors (Lipinski definition) is 2. The molecule has 3 unspecified atom stereocenters. The Morgan fingerprint density at radius 3 is 2.35 bits per heavy atom. The second-order valence-electron chi connectivity index (χ2n) is 9.81. The first kappa shape index (κ1) is 32.8. The van der Waals surface area contributed by atoms with Gasteiger partial charge in [0, 0.05) is 83.3 Å². The van der Waals surface area contributed by atoms with Crippen LogP contribution in [0.15, 0.2) is 0 Å². The molecule has 0 aromatic heterocycles. The van der Waals surface area contributed by atoms with Crippen molar-refractivity contribution in [2.75, 3.05) is 65.2 Å². The zero-order valence-corrected chi connectivity index (χ0v) is 26.4. The lowest BCUT2D eigenvalue weighted by Gasteiger charge is -2.36. The van der Waals surface area contributed by atoms with E-state index in [0.29, 0.717) is 39.0 Å². The van der Waals surface area contributed by atoms with E-state index in [1.54, 1.807) is 11.8 Å². The summed E-state index contributed by atoms with van der Waals surface area (Å²) in [5, 5.41) is 9.40. The van der Waals surface area contributed by atoms with E-state index in [-0.39, 0.29) is 18.4 Å². The van der Waals surface area contributed by atoms with Crippen LogP contribution in [0.1, 0.15) is 33.6 Å². The number of rotatable bonds is 17. The molecule has 202 valence electrons. The van der Waals surface area contributed by atoms with Crippen LogP contribution in [0.5, 0.6) is 0 Å². The fourth-order valence-electron chi connectivity index (χ4n) is 3.10. The SMILES string of the molecule is CC(CO)CO[Si](C)(CCCSC(=S)N(C)C)OCC(C)CO[Si]1(CCCS)OCC(C)CO1. The Balaban J connectivity index is 2.58. The quantitative estimate of drug-likeness (QED) is 0.115. The molecule has 3 atom stereocenters. The maximum atomic E-state index is 9.40. The summed E-state index contributed by atoms with van der Waals surface area (Å²) in [6.07, 6.45) is 1.89. The Hall–Kier alpha value is 0.784. The van der Waals surface area contributed by atoms with Gasteiger partial charge in [-0.2, -0.15) is 12.6 Å². The number of thiol groups is 1. The lowest BCUT2D eigenvalue weighted by Crippen LogP contribution is -2.52. The zero-order chi connectivity index (χ0) is 25.6. The topological polar surface area (TPSA) is 69.6 Å². The zero-order valence-electron chi connectivity index (χ0n) is 21.9. The minimum absolute atomic E-state index is 0.0903. The Bertz CT molecular complexity index is 567. The molecular formula is C22H47NO6S3Si2. The van der Waals surface area contributed by atoms with Gasteiger partial charge in [0.15, 0.2) is 0 Å². The number of aliphatic hydroxyl groups is 1. The molecule has 0 aromatic rings. The minimum Gasteiger partial charge on any atom is -0.396 e. The molecule has 1 fully saturated rings. The fourth-order valence-corrected chi connectivity index (χ4v) is 10.2. The van der Waals surface area contributed by atoms with Crippen LogP contribution in [0.4, 0.5) is 0 Å². The first-order chi connectivity index (χ1) is 16.0. The van der Waals surface area contributed by atoms with Gasteiger partial charge >= 0.3 is 17.4 Å². The fraction of sp³-hybridized carbons (Fsp3) is 0.955. The standard InChI is InChI=1S/C22H47NO6S3Si2/c1-19(13-24)14-25-33(6,11-8-10-32-22(31)23(4)5)26-15-20(2)16-27-34(12-7-9-30)28-17-21(3)18-29-34/h19-21,24,30H,7-18H2,1-6H3. The van der Waals surface area contributed by atoms with E-state index in [2.05, 4.69) is 33.0 Å². The van der Waals surface area contributed by atoms with Gasteiger partial charge in [-0.25, -0.2) is 0 Å². The van der Waals surface area contributed by atoms with Gasteiger partial charge in [-0.1, -0.05) is 44.8 Å². The molecule has 0 bridgehead atoms. The van der Waals surface area contributed by atoms with Gasteiger partial charge in [-0.15, -0.1) is 0 Å². The van der Waals surface area contributed by atoms with Crippen molar-refractivity contribution in [1.29, 1.82) is 0 Å². The van der Waals surface area contributed by atoms with Crippen molar-refractivity contribution in [3.8, 4) is 0 Å². The molecule has 1 aliphatic heterocycles. The first-order valence-corrected chi connectivity index (χ1v) is 18.8. The van der Waals surface area contributed by atoms with Gasteiger partial charge in [0.2, 0.25) is 0 Å². The van der Waals surface area contributed by atoms with Crippen molar-refractivity contribution < 1.29 is 27.2 Å². The van der Waals surface area contributed by atoms with Gasteiger partial charge in [0.1, 0.15) is 4.32 Å². The van der Waals surface area contributed by atoms with E-state index in [4.69, 9.17) is 34.3 Å². The smallest absolute Gasteiger partial charge is 0.396 e. The second-order valence-corrected chi connectivity index (χ2v) is 18.1.